The number of fused-ring (bicyclic) bond motifs is 1. The summed E-state index contributed by atoms with van der Waals surface area (Å²) in [5.74, 6) is 1.79. The Labute approximate surface area is 128 Å². The molecule has 1 aliphatic rings. The first-order chi connectivity index (χ1) is 10.1. The van der Waals surface area contributed by atoms with E-state index in [1.54, 1.807) is 6.07 Å². The van der Waals surface area contributed by atoms with E-state index in [4.69, 9.17) is 10.5 Å². The molecule has 1 heterocycles. The molecule has 0 fully saturated rings. The maximum atomic E-state index is 13.3. The topological polar surface area (TPSA) is 35.2 Å². The van der Waals surface area contributed by atoms with Gasteiger partial charge >= 0.3 is 0 Å². The SMILES string of the molecule is CC(N)c1cc(F)ccc1OCC1CSc2ccccc21. The molecule has 3 rings (SSSR count). The lowest BCUT2D eigenvalue weighted by molar-refractivity contribution is 0.293. The van der Waals surface area contributed by atoms with Gasteiger partial charge in [0, 0.05) is 28.2 Å². The van der Waals surface area contributed by atoms with Gasteiger partial charge in [0.25, 0.3) is 0 Å². The molecule has 21 heavy (non-hydrogen) atoms. The fourth-order valence-corrected chi connectivity index (χ4v) is 3.80. The van der Waals surface area contributed by atoms with Crippen molar-refractivity contribution in [1.29, 1.82) is 0 Å². The van der Waals surface area contributed by atoms with Crippen molar-refractivity contribution in [3.05, 3.63) is 59.4 Å². The fraction of sp³-hybridized carbons (Fsp3) is 0.294. The van der Waals surface area contributed by atoms with Crippen LogP contribution in [0.1, 0.15) is 30.0 Å². The minimum absolute atomic E-state index is 0.249. The molecule has 0 saturated carbocycles. The van der Waals surface area contributed by atoms with E-state index in [0.717, 1.165) is 5.75 Å². The second kappa shape index (κ2) is 6.08. The Balaban J connectivity index is 1.75. The molecule has 2 atom stereocenters. The smallest absolute Gasteiger partial charge is 0.124 e. The van der Waals surface area contributed by atoms with Crippen LogP contribution < -0.4 is 10.5 Å². The molecule has 2 aromatic carbocycles. The predicted molar refractivity (Wildman–Crippen MR) is 84.4 cm³/mol. The first kappa shape index (κ1) is 14.4. The Morgan fingerprint density at radius 2 is 2.14 bits per heavy atom. The molecular weight excluding hydrogens is 285 g/mol. The van der Waals surface area contributed by atoms with Crippen molar-refractivity contribution < 1.29 is 9.13 Å². The normalized spacial score (nSPS) is 18.3. The Bertz CT molecular complexity index is 644. The number of hydrogen-bond acceptors (Lipinski definition) is 3. The van der Waals surface area contributed by atoms with Gasteiger partial charge in [0.15, 0.2) is 0 Å². The molecule has 0 spiro atoms. The quantitative estimate of drug-likeness (QED) is 0.923. The fourth-order valence-electron chi connectivity index (χ4n) is 2.56. The summed E-state index contributed by atoms with van der Waals surface area (Å²) in [5.41, 5.74) is 7.95. The van der Waals surface area contributed by atoms with E-state index in [1.165, 1.54) is 22.6 Å². The van der Waals surface area contributed by atoms with E-state index in [1.807, 2.05) is 18.7 Å². The lowest BCUT2D eigenvalue weighted by Crippen LogP contribution is -2.13. The van der Waals surface area contributed by atoms with E-state index in [2.05, 4.69) is 24.3 Å². The molecule has 2 aromatic rings. The van der Waals surface area contributed by atoms with Gasteiger partial charge in [-0.3, -0.25) is 0 Å². The van der Waals surface area contributed by atoms with Crippen molar-refractivity contribution in [2.24, 2.45) is 5.73 Å². The van der Waals surface area contributed by atoms with Crippen molar-refractivity contribution >= 4 is 11.8 Å². The lowest BCUT2D eigenvalue weighted by atomic mass is 10.0. The average molecular weight is 303 g/mol. The predicted octanol–water partition coefficient (Wildman–Crippen LogP) is 4.11. The van der Waals surface area contributed by atoms with Crippen LogP contribution in [0.4, 0.5) is 4.39 Å². The number of benzene rings is 2. The molecule has 0 amide bonds. The number of rotatable bonds is 4. The summed E-state index contributed by atoms with van der Waals surface area (Å²) in [4.78, 5) is 1.33. The monoisotopic (exact) mass is 303 g/mol. The molecule has 0 aliphatic carbocycles. The van der Waals surface area contributed by atoms with Crippen LogP contribution in [0, 0.1) is 5.82 Å². The number of nitrogens with two attached hydrogens (primary N) is 1. The highest BCUT2D eigenvalue weighted by Gasteiger charge is 2.23. The van der Waals surface area contributed by atoms with E-state index < -0.39 is 0 Å². The summed E-state index contributed by atoms with van der Waals surface area (Å²) in [6.45, 7) is 2.43. The summed E-state index contributed by atoms with van der Waals surface area (Å²) in [6, 6.07) is 12.7. The third kappa shape index (κ3) is 3.06. The Hall–Kier alpha value is -1.52. The van der Waals surface area contributed by atoms with E-state index >= 15 is 0 Å². The van der Waals surface area contributed by atoms with Crippen molar-refractivity contribution in [1.82, 2.24) is 0 Å². The van der Waals surface area contributed by atoms with Crippen molar-refractivity contribution in [3.63, 3.8) is 0 Å². The zero-order valence-corrected chi connectivity index (χ0v) is 12.7. The number of hydrogen-bond donors (Lipinski definition) is 1. The van der Waals surface area contributed by atoms with Gasteiger partial charge < -0.3 is 10.5 Å². The highest BCUT2D eigenvalue weighted by atomic mass is 32.2. The molecule has 2 unspecified atom stereocenters. The summed E-state index contributed by atoms with van der Waals surface area (Å²) in [6.07, 6.45) is 0. The van der Waals surface area contributed by atoms with Gasteiger partial charge in [-0.1, -0.05) is 18.2 Å². The summed E-state index contributed by atoms with van der Waals surface area (Å²) in [5, 5.41) is 0. The Morgan fingerprint density at radius 1 is 1.33 bits per heavy atom. The summed E-state index contributed by atoms with van der Waals surface area (Å²) < 4.78 is 19.3. The zero-order chi connectivity index (χ0) is 14.8. The van der Waals surface area contributed by atoms with Gasteiger partial charge in [-0.15, -0.1) is 11.8 Å². The number of thioether (sulfide) groups is 1. The van der Waals surface area contributed by atoms with Crippen LogP contribution in [0.25, 0.3) is 0 Å². The molecular formula is C17H18FNOS. The van der Waals surface area contributed by atoms with Crippen LogP contribution in [-0.4, -0.2) is 12.4 Å². The van der Waals surface area contributed by atoms with Crippen LogP contribution in [0.5, 0.6) is 5.75 Å². The highest BCUT2D eigenvalue weighted by molar-refractivity contribution is 7.99. The second-order valence-electron chi connectivity index (χ2n) is 5.33. The lowest BCUT2D eigenvalue weighted by Gasteiger charge is -2.17. The maximum Gasteiger partial charge on any atom is 0.124 e. The molecule has 0 saturated heterocycles. The molecule has 0 bridgehead atoms. The largest absolute Gasteiger partial charge is 0.493 e. The minimum Gasteiger partial charge on any atom is -0.493 e. The van der Waals surface area contributed by atoms with E-state index in [9.17, 15) is 4.39 Å². The van der Waals surface area contributed by atoms with Gasteiger partial charge in [0.1, 0.15) is 11.6 Å². The summed E-state index contributed by atoms with van der Waals surface area (Å²) >= 11 is 1.86. The van der Waals surface area contributed by atoms with Crippen molar-refractivity contribution in [3.8, 4) is 5.75 Å². The number of ether oxygens (including phenoxy) is 1. The van der Waals surface area contributed by atoms with Crippen LogP contribution in [0.2, 0.25) is 0 Å². The van der Waals surface area contributed by atoms with E-state index in [-0.39, 0.29) is 11.9 Å². The zero-order valence-electron chi connectivity index (χ0n) is 11.9. The molecule has 0 aromatic heterocycles. The molecule has 0 radical (unpaired) electrons. The molecule has 2 N–H and O–H groups in total. The maximum absolute atomic E-state index is 13.3. The third-order valence-corrected chi connectivity index (χ3v) is 4.95. The van der Waals surface area contributed by atoms with Crippen LogP contribution in [0.15, 0.2) is 47.4 Å². The minimum atomic E-state index is -0.281. The third-order valence-electron chi connectivity index (χ3n) is 3.70. The summed E-state index contributed by atoms with van der Waals surface area (Å²) in [7, 11) is 0. The number of halogens is 1. The van der Waals surface area contributed by atoms with Crippen LogP contribution in [-0.2, 0) is 0 Å². The van der Waals surface area contributed by atoms with Gasteiger partial charge in [0.2, 0.25) is 0 Å². The Morgan fingerprint density at radius 3 is 2.95 bits per heavy atom. The first-order valence-electron chi connectivity index (χ1n) is 7.04. The molecule has 2 nitrogen and oxygen atoms in total. The van der Waals surface area contributed by atoms with Crippen LogP contribution in [0.3, 0.4) is 0 Å². The van der Waals surface area contributed by atoms with Crippen LogP contribution >= 0.6 is 11.8 Å². The van der Waals surface area contributed by atoms with Gasteiger partial charge in [-0.25, -0.2) is 4.39 Å². The van der Waals surface area contributed by atoms with Crippen molar-refractivity contribution in [2.75, 3.05) is 12.4 Å². The van der Waals surface area contributed by atoms with Crippen molar-refractivity contribution in [2.45, 2.75) is 23.8 Å². The van der Waals surface area contributed by atoms with Gasteiger partial charge in [-0.2, -0.15) is 0 Å². The van der Waals surface area contributed by atoms with E-state index in [0.29, 0.717) is 23.8 Å². The molecule has 110 valence electrons. The molecule has 1 aliphatic heterocycles. The standard InChI is InChI=1S/C17H18FNOS/c1-11(19)15-8-13(18)6-7-16(15)20-9-12-10-21-17-5-3-2-4-14(12)17/h2-8,11-12H,9-10,19H2,1H3. The average Bonchev–Trinajstić information content (AvgIpc) is 2.89. The van der Waals surface area contributed by atoms with Gasteiger partial charge in [-0.05, 0) is 36.8 Å². The second-order valence-corrected chi connectivity index (χ2v) is 6.39. The highest BCUT2D eigenvalue weighted by Crippen LogP contribution is 2.39. The Kier molecular flexibility index (Phi) is 4.17. The van der Waals surface area contributed by atoms with Gasteiger partial charge in [0.05, 0.1) is 6.61 Å². The molecule has 4 heteroatoms. The first-order valence-corrected chi connectivity index (χ1v) is 8.03.